The molecule has 2 aromatic carbocycles. The summed E-state index contributed by atoms with van der Waals surface area (Å²) in [6.45, 7) is 3.44. The van der Waals surface area contributed by atoms with E-state index in [0.717, 1.165) is 42.2 Å². The van der Waals surface area contributed by atoms with Gasteiger partial charge in [0.15, 0.2) is 0 Å². The van der Waals surface area contributed by atoms with Crippen molar-refractivity contribution in [2.24, 2.45) is 0 Å². The molecule has 3 aromatic rings. The maximum absolute atomic E-state index is 12.0. The van der Waals surface area contributed by atoms with E-state index in [1.165, 1.54) is 19.2 Å². The van der Waals surface area contributed by atoms with Crippen LogP contribution in [0.4, 0.5) is 11.4 Å². The number of pyridine rings is 1. The lowest BCUT2D eigenvalue weighted by molar-refractivity contribution is -0.384. The van der Waals surface area contributed by atoms with Gasteiger partial charge < -0.3 is 4.90 Å². The Bertz CT molecular complexity index is 1220. The van der Waals surface area contributed by atoms with Crippen LogP contribution >= 0.6 is 0 Å². The number of nitro benzene ring substituents is 1. The van der Waals surface area contributed by atoms with Crippen molar-refractivity contribution in [3.63, 3.8) is 0 Å². The van der Waals surface area contributed by atoms with Crippen molar-refractivity contribution in [3.8, 4) is 0 Å². The van der Waals surface area contributed by atoms with E-state index in [-0.39, 0.29) is 10.6 Å². The molecule has 0 saturated carbocycles. The Labute approximate surface area is 180 Å². The van der Waals surface area contributed by atoms with E-state index in [1.54, 1.807) is 6.20 Å². The number of para-hydroxylation sites is 1. The van der Waals surface area contributed by atoms with Gasteiger partial charge in [-0.3, -0.25) is 20.0 Å². The molecule has 0 atom stereocenters. The van der Waals surface area contributed by atoms with E-state index < -0.39 is 14.9 Å². The third-order valence-corrected chi connectivity index (χ3v) is 6.96. The monoisotopic (exact) mass is 441 g/mol. The summed E-state index contributed by atoms with van der Waals surface area (Å²) in [5, 5.41) is 12.7. The molecule has 0 bridgehead atoms. The van der Waals surface area contributed by atoms with Gasteiger partial charge in [0.05, 0.1) is 15.3 Å². The molecule has 4 rings (SSSR count). The number of hydrogen-bond donors (Lipinski definition) is 1. The Morgan fingerprint density at radius 3 is 2.55 bits per heavy atom. The summed E-state index contributed by atoms with van der Waals surface area (Å²) in [4.78, 5) is 19.7. The highest BCUT2D eigenvalue weighted by Crippen LogP contribution is 2.31. The highest BCUT2D eigenvalue weighted by molar-refractivity contribution is 7.89. The zero-order chi connectivity index (χ0) is 22.0. The Hall–Kier alpha value is -3.08. The number of benzene rings is 2. The Morgan fingerprint density at radius 1 is 1.10 bits per heavy atom. The van der Waals surface area contributed by atoms with Crippen LogP contribution in [0.25, 0.3) is 10.9 Å². The van der Waals surface area contributed by atoms with Crippen molar-refractivity contribution >= 4 is 32.3 Å². The molecule has 1 aromatic heterocycles. The molecular weight excluding hydrogens is 418 g/mol. The zero-order valence-electron chi connectivity index (χ0n) is 17.1. The van der Waals surface area contributed by atoms with E-state index >= 15 is 0 Å². The summed E-state index contributed by atoms with van der Waals surface area (Å²) in [5.41, 5.74) is 2.37. The molecule has 10 heteroatoms. The molecule has 1 aliphatic rings. The molecule has 1 aliphatic heterocycles. The lowest BCUT2D eigenvalue weighted by Crippen LogP contribution is -2.46. The topological polar surface area (TPSA) is 109 Å². The molecule has 0 spiro atoms. The number of nitro groups is 1. The average Bonchev–Trinajstić information content (AvgIpc) is 2.79. The molecule has 0 amide bonds. The number of piperazine rings is 1. The normalized spacial score (nSPS) is 15.3. The number of anilines is 1. The fourth-order valence-electron chi connectivity index (χ4n) is 3.88. The lowest BCUT2D eigenvalue weighted by Gasteiger charge is -2.36. The van der Waals surface area contributed by atoms with Gasteiger partial charge in [-0.05, 0) is 30.8 Å². The molecular formula is C21H23N5O4S. The van der Waals surface area contributed by atoms with Crippen molar-refractivity contribution in [2.75, 3.05) is 38.1 Å². The minimum Gasteiger partial charge on any atom is -0.363 e. The fourth-order valence-corrected chi connectivity index (χ4v) is 4.63. The largest absolute Gasteiger partial charge is 0.363 e. The minimum absolute atomic E-state index is 0.118. The first-order valence-electron chi connectivity index (χ1n) is 9.91. The SMILES string of the molecule is CNS(=O)(=O)c1ccc(N2CCN(Cc3cccc4cccnc34)CC2)c([N+](=O)[O-])c1. The van der Waals surface area contributed by atoms with E-state index in [0.29, 0.717) is 18.8 Å². The average molecular weight is 442 g/mol. The summed E-state index contributed by atoms with van der Waals surface area (Å²) in [5.74, 6) is 0. The summed E-state index contributed by atoms with van der Waals surface area (Å²) >= 11 is 0. The molecule has 0 radical (unpaired) electrons. The van der Waals surface area contributed by atoms with Gasteiger partial charge in [-0.2, -0.15) is 0 Å². The van der Waals surface area contributed by atoms with Crippen LogP contribution in [0, 0.1) is 10.1 Å². The molecule has 2 heterocycles. The first kappa shape index (κ1) is 21.2. The summed E-state index contributed by atoms with van der Waals surface area (Å²) < 4.78 is 26.2. The number of aromatic nitrogens is 1. The van der Waals surface area contributed by atoms with E-state index in [9.17, 15) is 18.5 Å². The summed E-state index contributed by atoms with van der Waals surface area (Å²) in [7, 11) is -2.47. The highest BCUT2D eigenvalue weighted by Gasteiger charge is 2.26. The van der Waals surface area contributed by atoms with Crippen molar-refractivity contribution in [1.29, 1.82) is 0 Å². The molecule has 31 heavy (non-hydrogen) atoms. The predicted molar refractivity (Wildman–Crippen MR) is 119 cm³/mol. The van der Waals surface area contributed by atoms with Gasteiger partial charge >= 0.3 is 0 Å². The van der Waals surface area contributed by atoms with Crippen LogP contribution in [-0.4, -0.2) is 56.5 Å². The first-order chi connectivity index (χ1) is 14.9. The maximum Gasteiger partial charge on any atom is 0.293 e. The first-order valence-corrected chi connectivity index (χ1v) is 11.4. The molecule has 1 fully saturated rings. The molecule has 162 valence electrons. The number of nitrogens with zero attached hydrogens (tertiary/aromatic N) is 4. The Kier molecular flexibility index (Phi) is 5.86. The number of fused-ring (bicyclic) bond motifs is 1. The minimum atomic E-state index is -3.75. The highest BCUT2D eigenvalue weighted by atomic mass is 32.2. The Morgan fingerprint density at radius 2 is 1.84 bits per heavy atom. The van der Waals surface area contributed by atoms with E-state index in [2.05, 4.69) is 20.7 Å². The van der Waals surface area contributed by atoms with Crippen LogP contribution in [0.5, 0.6) is 0 Å². The molecule has 9 nitrogen and oxygen atoms in total. The number of rotatable bonds is 6. The summed E-state index contributed by atoms with van der Waals surface area (Å²) in [6.07, 6.45) is 1.79. The number of hydrogen-bond acceptors (Lipinski definition) is 7. The van der Waals surface area contributed by atoms with E-state index in [1.807, 2.05) is 29.2 Å². The maximum atomic E-state index is 12.0. The van der Waals surface area contributed by atoms with Crippen molar-refractivity contribution in [2.45, 2.75) is 11.4 Å². The molecule has 0 aliphatic carbocycles. The second-order valence-electron chi connectivity index (χ2n) is 7.37. The van der Waals surface area contributed by atoms with Gasteiger partial charge in [-0.25, -0.2) is 13.1 Å². The molecule has 1 saturated heterocycles. The zero-order valence-corrected chi connectivity index (χ0v) is 17.9. The third-order valence-electron chi connectivity index (χ3n) is 5.55. The van der Waals surface area contributed by atoms with Crippen molar-refractivity contribution in [1.82, 2.24) is 14.6 Å². The molecule has 1 N–H and O–H groups in total. The quantitative estimate of drug-likeness (QED) is 0.462. The van der Waals surface area contributed by atoms with Gasteiger partial charge in [0.25, 0.3) is 5.69 Å². The third kappa shape index (κ3) is 4.36. The van der Waals surface area contributed by atoms with Crippen LogP contribution in [0.15, 0.2) is 59.6 Å². The van der Waals surface area contributed by atoms with Crippen molar-refractivity contribution < 1.29 is 13.3 Å². The van der Waals surface area contributed by atoms with Crippen LogP contribution in [0.3, 0.4) is 0 Å². The fraction of sp³-hybridized carbons (Fsp3) is 0.286. The van der Waals surface area contributed by atoms with Gasteiger partial charge in [0.1, 0.15) is 5.69 Å². The van der Waals surface area contributed by atoms with Crippen LogP contribution in [0.2, 0.25) is 0 Å². The smallest absolute Gasteiger partial charge is 0.293 e. The second kappa shape index (κ2) is 8.58. The van der Waals surface area contributed by atoms with Crippen LogP contribution in [-0.2, 0) is 16.6 Å². The second-order valence-corrected chi connectivity index (χ2v) is 9.26. The predicted octanol–water partition coefficient (Wildman–Crippen LogP) is 2.37. The van der Waals surface area contributed by atoms with Crippen LogP contribution < -0.4 is 9.62 Å². The van der Waals surface area contributed by atoms with Gasteiger partial charge in [0.2, 0.25) is 10.0 Å². The standard InChI is InChI=1S/C21H23N5O4S/c1-22-31(29,30)18-7-8-19(20(14-18)26(27)28)25-12-10-24(11-13-25)15-17-5-2-4-16-6-3-9-23-21(16)17/h2-9,14,22H,10-13,15H2,1H3. The van der Waals surface area contributed by atoms with Gasteiger partial charge in [-0.1, -0.05) is 24.3 Å². The van der Waals surface area contributed by atoms with Crippen molar-refractivity contribution in [3.05, 3.63) is 70.4 Å². The van der Waals surface area contributed by atoms with Gasteiger partial charge in [0, 0.05) is 50.4 Å². The Balaban J connectivity index is 1.50. The van der Waals surface area contributed by atoms with Gasteiger partial charge in [-0.15, -0.1) is 0 Å². The number of nitrogens with one attached hydrogen (secondary N) is 1. The molecule has 0 unspecified atom stereocenters. The van der Waals surface area contributed by atoms with Crippen LogP contribution in [0.1, 0.15) is 5.56 Å². The van der Waals surface area contributed by atoms with E-state index in [4.69, 9.17) is 0 Å². The number of sulfonamides is 1. The summed E-state index contributed by atoms with van der Waals surface area (Å²) in [6, 6.07) is 14.2. The lowest BCUT2D eigenvalue weighted by atomic mass is 10.1.